The summed E-state index contributed by atoms with van der Waals surface area (Å²) < 4.78 is 4.91. The van der Waals surface area contributed by atoms with Crippen molar-refractivity contribution in [2.24, 2.45) is 0 Å². The number of hydrogen-bond donors (Lipinski definition) is 2. The molecule has 2 N–H and O–H groups in total. The predicted molar refractivity (Wildman–Crippen MR) is 79.5 cm³/mol. The Labute approximate surface area is 125 Å². The van der Waals surface area contributed by atoms with E-state index in [-0.39, 0.29) is 17.2 Å². The number of H-pyrrole nitrogens is 1. The van der Waals surface area contributed by atoms with Gasteiger partial charge in [0.2, 0.25) is 5.76 Å². The molecule has 2 heterocycles. The van der Waals surface area contributed by atoms with Crippen LogP contribution in [0.25, 0.3) is 11.3 Å². The molecule has 0 unspecified atom stereocenters. The molecule has 0 radical (unpaired) electrons. The van der Waals surface area contributed by atoms with E-state index in [1.807, 2.05) is 6.07 Å². The second-order valence-corrected chi connectivity index (χ2v) is 4.67. The molecule has 22 heavy (non-hydrogen) atoms. The van der Waals surface area contributed by atoms with E-state index in [1.54, 1.807) is 37.3 Å². The minimum atomic E-state index is -0.382. The number of anilines is 1. The molecule has 3 aromatic rings. The van der Waals surface area contributed by atoms with Crippen LogP contribution in [0.2, 0.25) is 0 Å². The lowest BCUT2D eigenvalue weighted by molar-refractivity contribution is 0.0988. The number of amides is 1. The lowest BCUT2D eigenvalue weighted by Crippen LogP contribution is -2.11. The Hall–Kier alpha value is -3.22. The first-order valence-electron chi connectivity index (χ1n) is 6.53. The summed E-state index contributed by atoms with van der Waals surface area (Å²) in [5.41, 5.74) is 2.32. The molecule has 0 fully saturated rings. The van der Waals surface area contributed by atoms with Crippen molar-refractivity contribution in [1.82, 2.24) is 15.4 Å². The summed E-state index contributed by atoms with van der Waals surface area (Å²) in [6.45, 7) is 1.74. The predicted octanol–water partition coefficient (Wildman–Crippen LogP) is 1.99. The monoisotopic (exact) mass is 296 g/mol. The van der Waals surface area contributed by atoms with Crippen LogP contribution in [-0.4, -0.2) is 21.3 Å². The van der Waals surface area contributed by atoms with Crippen LogP contribution >= 0.6 is 0 Å². The molecular formula is C15H12N4O3. The normalized spacial score (nSPS) is 10.4. The van der Waals surface area contributed by atoms with Crippen molar-refractivity contribution in [3.8, 4) is 11.3 Å². The third-order valence-electron chi connectivity index (χ3n) is 2.95. The average Bonchev–Trinajstić information content (AvgIpc) is 2.95. The van der Waals surface area contributed by atoms with Crippen LogP contribution in [-0.2, 0) is 0 Å². The fourth-order valence-electron chi connectivity index (χ4n) is 1.92. The molecule has 0 aliphatic rings. The van der Waals surface area contributed by atoms with Crippen LogP contribution in [0.5, 0.6) is 0 Å². The first-order chi connectivity index (χ1) is 10.6. The van der Waals surface area contributed by atoms with E-state index in [0.717, 1.165) is 5.56 Å². The quantitative estimate of drug-likeness (QED) is 0.769. The van der Waals surface area contributed by atoms with Crippen LogP contribution in [0.1, 0.15) is 16.2 Å². The Morgan fingerprint density at radius 3 is 2.77 bits per heavy atom. The van der Waals surface area contributed by atoms with Gasteiger partial charge < -0.3 is 9.84 Å². The highest BCUT2D eigenvalue weighted by molar-refractivity contribution is 6.02. The number of nitrogens with zero attached hydrogens (tertiary/aromatic N) is 2. The average molecular weight is 296 g/mol. The van der Waals surface area contributed by atoms with Crippen molar-refractivity contribution in [3.63, 3.8) is 0 Å². The van der Waals surface area contributed by atoms with Crippen molar-refractivity contribution in [2.75, 3.05) is 5.32 Å². The molecule has 110 valence electrons. The van der Waals surface area contributed by atoms with Crippen molar-refractivity contribution in [3.05, 3.63) is 64.3 Å². The van der Waals surface area contributed by atoms with Gasteiger partial charge in [-0.05, 0) is 25.1 Å². The molecule has 0 saturated heterocycles. The first-order valence-corrected chi connectivity index (χ1v) is 6.53. The Bertz CT molecular complexity index is 862. The molecule has 0 atom stereocenters. The maximum absolute atomic E-state index is 12.0. The fraction of sp³-hybridized carbons (Fsp3) is 0.0667. The van der Waals surface area contributed by atoms with E-state index in [9.17, 15) is 9.59 Å². The van der Waals surface area contributed by atoms with Crippen LogP contribution in [0.15, 0.2) is 51.8 Å². The molecule has 7 nitrogen and oxygen atoms in total. The molecule has 0 bridgehead atoms. The molecule has 1 amide bonds. The highest BCUT2D eigenvalue weighted by atomic mass is 16.5. The van der Waals surface area contributed by atoms with Crippen molar-refractivity contribution >= 4 is 11.6 Å². The van der Waals surface area contributed by atoms with Crippen LogP contribution in [0.4, 0.5) is 5.69 Å². The summed E-state index contributed by atoms with van der Waals surface area (Å²) in [5.74, 6) is -0.239. The molecular weight excluding hydrogens is 284 g/mol. The smallest absolute Gasteiger partial charge is 0.294 e. The van der Waals surface area contributed by atoms with E-state index in [1.165, 1.54) is 6.07 Å². The number of aryl methyl sites for hydroxylation is 1. The third kappa shape index (κ3) is 2.93. The molecule has 2 aromatic heterocycles. The molecule has 1 aromatic carbocycles. The Morgan fingerprint density at radius 1 is 1.23 bits per heavy atom. The minimum Gasteiger partial charge on any atom is -0.351 e. The van der Waals surface area contributed by atoms with Crippen molar-refractivity contribution < 1.29 is 9.32 Å². The van der Waals surface area contributed by atoms with Gasteiger partial charge in [-0.15, -0.1) is 0 Å². The summed E-state index contributed by atoms with van der Waals surface area (Å²) in [7, 11) is 0. The SMILES string of the molecule is Cc1cc(C(=O)Nc2cccc(-c3ccc(=O)[nH]n3)c2)on1. The zero-order chi connectivity index (χ0) is 15.5. The lowest BCUT2D eigenvalue weighted by atomic mass is 10.1. The Balaban J connectivity index is 1.83. The van der Waals surface area contributed by atoms with Crippen molar-refractivity contribution in [2.45, 2.75) is 6.92 Å². The maximum atomic E-state index is 12.0. The molecule has 0 spiro atoms. The van der Waals surface area contributed by atoms with E-state index in [2.05, 4.69) is 20.7 Å². The number of carbonyl (C=O) groups is 1. The largest absolute Gasteiger partial charge is 0.351 e. The summed E-state index contributed by atoms with van der Waals surface area (Å²) in [6, 6.07) is 11.7. The first kappa shape index (κ1) is 13.7. The number of rotatable bonds is 3. The Kier molecular flexibility index (Phi) is 3.53. The van der Waals surface area contributed by atoms with Gasteiger partial charge in [-0.25, -0.2) is 5.10 Å². The molecule has 0 aliphatic heterocycles. The second-order valence-electron chi connectivity index (χ2n) is 4.67. The van der Waals surface area contributed by atoms with Crippen LogP contribution in [0, 0.1) is 6.92 Å². The van der Waals surface area contributed by atoms with Gasteiger partial charge in [0.1, 0.15) is 0 Å². The highest BCUT2D eigenvalue weighted by Gasteiger charge is 2.12. The zero-order valence-corrected chi connectivity index (χ0v) is 11.7. The van der Waals surface area contributed by atoms with Crippen LogP contribution < -0.4 is 10.9 Å². The zero-order valence-electron chi connectivity index (χ0n) is 11.7. The van der Waals surface area contributed by atoms with E-state index >= 15 is 0 Å². The second kappa shape index (κ2) is 5.65. The maximum Gasteiger partial charge on any atom is 0.294 e. The van der Waals surface area contributed by atoms with Gasteiger partial charge in [0.15, 0.2) is 0 Å². The number of nitrogens with one attached hydrogen (secondary N) is 2. The Morgan fingerprint density at radius 2 is 2.09 bits per heavy atom. The van der Waals surface area contributed by atoms with Gasteiger partial charge in [-0.2, -0.15) is 5.10 Å². The summed E-state index contributed by atoms with van der Waals surface area (Å²) in [4.78, 5) is 23.0. The summed E-state index contributed by atoms with van der Waals surface area (Å²) >= 11 is 0. The molecule has 7 heteroatoms. The number of benzene rings is 1. The van der Waals surface area contributed by atoms with Gasteiger partial charge in [0, 0.05) is 23.4 Å². The van der Waals surface area contributed by atoms with E-state index in [0.29, 0.717) is 17.1 Å². The van der Waals surface area contributed by atoms with E-state index < -0.39 is 0 Å². The van der Waals surface area contributed by atoms with Crippen molar-refractivity contribution in [1.29, 1.82) is 0 Å². The van der Waals surface area contributed by atoms with Gasteiger partial charge in [-0.1, -0.05) is 17.3 Å². The topological polar surface area (TPSA) is 101 Å². The van der Waals surface area contributed by atoms with Gasteiger partial charge in [-0.3, -0.25) is 9.59 Å². The number of aromatic amines is 1. The number of hydrogen-bond acceptors (Lipinski definition) is 5. The number of carbonyl (C=O) groups excluding carboxylic acids is 1. The number of aromatic nitrogens is 3. The van der Waals surface area contributed by atoms with Crippen LogP contribution in [0.3, 0.4) is 0 Å². The summed E-state index contributed by atoms with van der Waals surface area (Å²) in [6.07, 6.45) is 0. The summed E-state index contributed by atoms with van der Waals surface area (Å²) in [5, 5.41) is 12.7. The van der Waals surface area contributed by atoms with Gasteiger partial charge >= 0.3 is 0 Å². The molecule has 3 rings (SSSR count). The van der Waals surface area contributed by atoms with Gasteiger partial charge in [0.05, 0.1) is 11.4 Å². The standard InChI is InChI=1S/C15H12N4O3/c1-9-7-13(22-19-9)15(21)16-11-4-2-3-10(8-11)12-5-6-14(20)18-17-12/h2-8H,1H3,(H,16,21)(H,18,20). The fourth-order valence-corrected chi connectivity index (χ4v) is 1.92. The third-order valence-corrected chi connectivity index (χ3v) is 2.95. The van der Waals surface area contributed by atoms with Gasteiger partial charge in [0.25, 0.3) is 11.5 Å². The minimum absolute atomic E-state index is 0.144. The molecule has 0 aliphatic carbocycles. The van der Waals surface area contributed by atoms with E-state index in [4.69, 9.17) is 4.52 Å². The highest BCUT2D eigenvalue weighted by Crippen LogP contribution is 2.20. The lowest BCUT2D eigenvalue weighted by Gasteiger charge is -2.05. The molecule has 0 saturated carbocycles.